The minimum Gasteiger partial charge on any atom is -0.487 e. The molecule has 0 heterocycles. The van der Waals surface area contributed by atoms with Crippen LogP contribution < -0.4 is 10.1 Å². The molecular formula is C14H22N2O3. The molecule has 0 radical (unpaired) electrons. The Morgan fingerprint density at radius 3 is 2.63 bits per heavy atom. The van der Waals surface area contributed by atoms with Crippen molar-refractivity contribution in [1.29, 1.82) is 0 Å². The van der Waals surface area contributed by atoms with Crippen molar-refractivity contribution in [3.8, 4) is 5.75 Å². The molecule has 0 unspecified atom stereocenters. The molecule has 0 atom stereocenters. The Morgan fingerprint density at radius 2 is 2.05 bits per heavy atom. The molecule has 0 spiro atoms. The van der Waals surface area contributed by atoms with Gasteiger partial charge in [-0.25, -0.2) is 0 Å². The molecule has 0 bridgehead atoms. The average Bonchev–Trinajstić information content (AvgIpc) is 2.29. The summed E-state index contributed by atoms with van der Waals surface area (Å²) in [6.07, 6.45) is 0.822. The molecule has 19 heavy (non-hydrogen) atoms. The van der Waals surface area contributed by atoms with Crippen LogP contribution in [0.5, 0.6) is 5.75 Å². The summed E-state index contributed by atoms with van der Waals surface area (Å²) in [7, 11) is 0. The van der Waals surface area contributed by atoms with Crippen molar-refractivity contribution in [1.82, 2.24) is 5.32 Å². The van der Waals surface area contributed by atoms with E-state index < -0.39 is 0 Å². The number of aryl methyl sites for hydroxylation is 2. The highest BCUT2D eigenvalue weighted by atomic mass is 16.6. The van der Waals surface area contributed by atoms with E-state index in [0.29, 0.717) is 18.4 Å². The van der Waals surface area contributed by atoms with Gasteiger partial charge in [-0.15, -0.1) is 0 Å². The molecule has 1 rings (SSSR count). The first-order valence-corrected chi connectivity index (χ1v) is 6.53. The molecule has 5 nitrogen and oxygen atoms in total. The second kappa shape index (κ2) is 7.09. The summed E-state index contributed by atoms with van der Waals surface area (Å²) in [4.78, 5) is 10.6. The molecule has 0 aromatic heterocycles. The summed E-state index contributed by atoms with van der Waals surface area (Å²) in [5, 5.41) is 14.3. The maximum absolute atomic E-state index is 11.0. The third-order valence-corrected chi connectivity index (χ3v) is 2.72. The van der Waals surface area contributed by atoms with Crippen molar-refractivity contribution in [2.24, 2.45) is 0 Å². The fourth-order valence-electron chi connectivity index (χ4n) is 1.89. The summed E-state index contributed by atoms with van der Waals surface area (Å²) in [5.41, 5.74) is 1.73. The van der Waals surface area contributed by atoms with Crippen LogP contribution in [0.4, 0.5) is 5.69 Å². The minimum absolute atomic E-state index is 0.0503. The smallest absolute Gasteiger partial charge is 0.311 e. The third-order valence-electron chi connectivity index (χ3n) is 2.72. The molecule has 0 aliphatic rings. The molecule has 0 saturated heterocycles. The Hall–Kier alpha value is -1.62. The van der Waals surface area contributed by atoms with Crippen LogP contribution in [0.25, 0.3) is 0 Å². The van der Waals surface area contributed by atoms with Crippen molar-refractivity contribution in [3.63, 3.8) is 0 Å². The number of nitrogens with zero attached hydrogens (tertiary/aromatic N) is 1. The standard InChI is InChI=1S/C14H22N2O3/c1-10(2)15-6-5-7-19-14-12(4)8-11(3)9-13(14)16(17)18/h8-10,15H,5-7H2,1-4H3. The van der Waals surface area contributed by atoms with Crippen molar-refractivity contribution in [2.75, 3.05) is 13.2 Å². The Labute approximate surface area is 114 Å². The van der Waals surface area contributed by atoms with E-state index in [1.54, 1.807) is 6.07 Å². The largest absolute Gasteiger partial charge is 0.487 e. The van der Waals surface area contributed by atoms with E-state index in [1.807, 2.05) is 19.9 Å². The van der Waals surface area contributed by atoms with Crippen LogP contribution >= 0.6 is 0 Å². The van der Waals surface area contributed by atoms with E-state index in [0.717, 1.165) is 24.1 Å². The average molecular weight is 266 g/mol. The van der Waals surface area contributed by atoms with E-state index in [1.165, 1.54) is 0 Å². The van der Waals surface area contributed by atoms with Crippen molar-refractivity contribution < 1.29 is 9.66 Å². The van der Waals surface area contributed by atoms with E-state index in [9.17, 15) is 10.1 Å². The Morgan fingerprint density at radius 1 is 1.37 bits per heavy atom. The molecule has 1 aromatic carbocycles. The molecular weight excluding hydrogens is 244 g/mol. The van der Waals surface area contributed by atoms with Gasteiger partial charge in [0.05, 0.1) is 11.5 Å². The van der Waals surface area contributed by atoms with E-state index in [2.05, 4.69) is 19.2 Å². The third kappa shape index (κ3) is 4.87. The van der Waals surface area contributed by atoms with Gasteiger partial charge in [0.2, 0.25) is 0 Å². The van der Waals surface area contributed by atoms with Crippen LogP contribution in [0.1, 0.15) is 31.4 Å². The molecule has 0 fully saturated rings. The Bertz CT molecular complexity index is 445. The maximum Gasteiger partial charge on any atom is 0.311 e. The van der Waals surface area contributed by atoms with Gasteiger partial charge in [0.15, 0.2) is 5.75 Å². The highest BCUT2D eigenvalue weighted by molar-refractivity contribution is 5.53. The number of benzene rings is 1. The van der Waals surface area contributed by atoms with Gasteiger partial charge >= 0.3 is 5.69 Å². The zero-order chi connectivity index (χ0) is 14.4. The minimum atomic E-state index is -0.387. The summed E-state index contributed by atoms with van der Waals surface area (Å²) >= 11 is 0. The Kier molecular flexibility index (Phi) is 5.76. The van der Waals surface area contributed by atoms with Gasteiger partial charge in [-0.3, -0.25) is 10.1 Å². The number of rotatable bonds is 7. The van der Waals surface area contributed by atoms with Gasteiger partial charge < -0.3 is 10.1 Å². The first kappa shape index (κ1) is 15.4. The van der Waals surface area contributed by atoms with Crippen LogP contribution in [0.3, 0.4) is 0 Å². The molecule has 0 saturated carbocycles. The number of hydrogen-bond donors (Lipinski definition) is 1. The lowest BCUT2D eigenvalue weighted by atomic mass is 10.1. The number of nitro benzene ring substituents is 1. The lowest BCUT2D eigenvalue weighted by molar-refractivity contribution is -0.386. The van der Waals surface area contributed by atoms with Crippen molar-refractivity contribution in [3.05, 3.63) is 33.4 Å². The predicted molar refractivity (Wildman–Crippen MR) is 75.8 cm³/mol. The summed E-state index contributed by atoms with van der Waals surface area (Å²) in [6, 6.07) is 3.89. The van der Waals surface area contributed by atoms with Crippen molar-refractivity contribution >= 4 is 5.69 Å². The van der Waals surface area contributed by atoms with E-state index in [4.69, 9.17) is 4.74 Å². The monoisotopic (exact) mass is 266 g/mol. The zero-order valence-corrected chi connectivity index (χ0v) is 12.0. The fraction of sp³-hybridized carbons (Fsp3) is 0.571. The highest BCUT2D eigenvalue weighted by Gasteiger charge is 2.18. The lowest BCUT2D eigenvalue weighted by Crippen LogP contribution is -2.24. The molecule has 0 aliphatic carbocycles. The second-order valence-corrected chi connectivity index (χ2v) is 5.00. The van der Waals surface area contributed by atoms with Gasteiger partial charge in [-0.1, -0.05) is 19.9 Å². The van der Waals surface area contributed by atoms with Crippen LogP contribution in [0, 0.1) is 24.0 Å². The molecule has 0 aliphatic heterocycles. The van der Waals surface area contributed by atoms with Gasteiger partial charge in [-0.05, 0) is 37.9 Å². The molecule has 1 N–H and O–H groups in total. The van der Waals surface area contributed by atoms with Gasteiger partial charge in [0.25, 0.3) is 0 Å². The fourth-order valence-corrected chi connectivity index (χ4v) is 1.89. The van der Waals surface area contributed by atoms with Crippen LogP contribution in [-0.4, -0.2) is 24.1 Å². The summed E-state index contributed by atoms with van der Waals surface area (Å²) < 4.78 is 5.58. The lowest BCUT2D eigenvalue weighted by Gasteiger charge is -2.11. The first-order valence-electron chi connectivity index (χ1n) is 6.53. The predicted octanol–water partition coefficient (Wildman–Crippen LogP) is 2.98. The number of hydrogen-bond acceptors (Lipinski definition) is 4. The first-order chi connectivity index (χ1) is 8.91. The molecule has 5 heteroatoms. The summed E-state index contributed by atoms with van der Waals surface area (Å²) in [6.45, 7) is 9.16. The summed E-state index contributed by atoms with van der Waals surface area (Å²) in [5.74, 6) is 0.389. The van der Waals surface area contributed by atoms with Crippen LogP contribution in [-0.2, 0) is 0 Å². The van der Waals surface area contributed by atoms with Crippen LogP contribution in [0.2, 0.25) is 0 Å². The number of ether oxygens (including phenoxy) is 1. The zero-order valence-electron chi connectivity index (χ0n) is 12.0. The van der Waals surface area contributed by atoms with Gasteiger partial charge in [-0.2, -0.15) is 0 Å². The molecule has 1 aromatic rings. The van der Waals surface area contributed by atoms with E-state index in [-0.39, 0.29) is 10.6 Å². The van der Waals surface area contributed by atoms with Crippen molar-refractivity contribution in [2.45, 2.75) is 40.2 Å². The molecule has 106 valence electrons. The van der Waals surface area contributed by atoms with Crippen LogP contribution in [0.15, 0.2) is 12.1 Å². The number of nitrogens with one attached hydrogen (secondary N) is 1. The molecule has 0 amide bonds. The number of nitro groups is 1. The normalized spacial score (nSPS) is 10.8. The second-order valence-electron chi connectivity index (χ2n) is 5.00. The van der Waals surface area contributed by atoms with Gasteiger partial charge in [0.1, 0.15) is 0 Å². The van der Waals surface area contributed by atoms with Gasteiger partial charge in [0, 0.05) is 12.1 Å². The highest BCUT2D eigenvalue weighted by Crippen LogP contribution is 2.31. The Balaban J connectivity index is 2.64. The SMILES string of the molecule is Cc1cc(C)c(OCCCNC(C)C)c([N+](=O)[O-])c1. The van der Waals surface area contributed by atoms with E-state index >= 15 is 0 Å². The topological polar surface area (TPSA) is 64.4 Å². The quantitative estimate of drug-likeness (QED) is 0.468. The maximum atomic E-state index is 11.0.